The van der Waals surface area contributed by atoms with Crippen LogP contribution in [0.4, 0.5) is 5.69 Å². The molecule has 1 heterocycles. The fourth-order valence-electron chi connectivity index (χ4n) is 2.69. The molecule has 1 aromatic carbocycles. The third-order valence-electron chi connectivity index (χ3n) is 3.78. The molecule has 18 heavy (non-hydrogen) atoms. The van der Waals surface area contributed by atoms with Crippen LogP contribution in [0.3, 0.4) is 0 Å². The molecule has 1 atom stereocenters. The van der Waals surface area contributed by atoms with Crippen molar-refractivity contribution in [3.05, 3.63) is 23.8 Å². The van der Waals surface area contributed by atoms with E-state index in [1.165, 1.54) is 12.8 Å². The monoisotopic (exact) mass is 247 g/mol. The van der Waals surface area contributed by atoms with Crippen molar-refractivity contribution in [1.82, 2.24) is 0 Å². The lowest BCUT2D eigenvalue weighted by molar-refractivity contribution is 0.101. The molecule has 1 fully saturated rings. The van der Waals surface area contributed by atoms with E-state index in [0.717, 1.165) is 30.3 Å². The smallest absolute Gasteiger partial charge is 0.165 e. The maximum absolute atomic E-state index is 11.8. The van der Waals surface area contributed by atoms with E-state index >= 15 is 0 Å². The minimum atomic E-state index is 0.0717. The Balaban J connectivity index is 2.36. The van der Waals surface area contributed by atoms with Gasteiger partial charge in [-0.1, -0.05) is 19.4 Å². The van der Waals surface area contributed by atoms with E-state index in [1.54, 1.807) is 14.0 Å². The van der Waals surface area contributed by atoms with Crippen LogP contribution in [0.5, 0.6) is 5.75 Å². The summed E-state index contributed by atoms with van der Waals surface area (Å²) in [5.74, 6) is 1.50. The lowest BCUT2D eigenvalue weighted by atomic mass is 10.1. The zero-order chi connectivity index (χ0) is 13.1. The number of hydrogen-bond acceptors (Lipinski definition) is 3. The van der Waals surface area contributed by atoms with E-state index in [9.17, 15) is 4.79 Å². The summed E-state index contributed by atoms with van der Waals surface area (Å²) in [4.78, 5) is 14.2. The summed E-state index contributed by atoms with van der Waals surface area (Å²) in [6, 6.07) is 5.84. The number of hydrogen-bond donors (Lipinski definition) is 0. The summed E-state index contributed by atoms with van der Waals surface area (Å²) in [5, 5.41) is 0. The Morgan fingerprint density at radius 3 is 2.83 bits per heavy atom. The highest BCUT2D eigenvalue weighted by molar-refractivity contribution is 6.02. The Morgan fingerprint density at radius 1 is 1.50 bits per heavy atom. The molecule has 3 nitrogen and oxygen atoms in total. The summed E-state index contributed by atoms with van der Waals surface area (Å²) >= 11 is 0. The highest BCUT2D eigenvalue weighted by Gasteiger charge is 2.25. The van der Waals surface area contributed by atoms with Gasteiger partial charge in [-0.25, -0.2) is 0 Å². The number of benzene rings is 1. The first-order chi connectivity index (χ1) is 8.67. The van der Waals surface area contributed by atoms with Gasteiger partial charge >= 0.3 is 0 Å². The molecule has 1 saturated heterocycles. The van der Waals surface area contributed by atoms with Crippen molar-refractivity contribution in [3.63, 3.8) is 0 Å². The molecule has 1 unspecified atom stereocenters. The molecule has 0 radical (unpaired) electrons. The molecule has 98 valence electrons. The predicted octanol–water partition coefficient (Wildman–Crippen LogP) is 3.13. The first-order valence-electron chi connectivity index (χ1n) is 6.60. The van der Waals surface area contributed by atoms with Crippen LogP contribution in [0.1, 0.15) is 37.0 Å². The zero-order valence-corrected chi connectivity index (χ0v) is 11.4. The first kappa shape index (κ1) is 12.9. The SMILES string of the molecule is CCC1CCN(c2cccc(OC)c2C(C)=O)C1. The van der Waals surface area contributed by atoms with Gasteiger partial charge in [0, 0.05) is 13.1 Å². The van der Waals surface area contributed by atoms with E-state index in [0.29, 0.717) is 5.75 Å². The average molecular weight is 247 g/mol. The Labute approximate surface area is 109 Å². The lowest BCUT2D eigenvalue weighted by Crippen LogP contribution is -2.22. The average Bonchev–Trinajstić information content (AvgIpc) is 2.86. The zero-order valence-electron chi connectivity index (χ0n) is 11.4. The van der Waals surface area contributed by atoms with E-state index in [-0.39, 0.29) is 5.78 Å². The molecule has 1 aliphatic heterocycles. The van der Waals surface area contributed by atoms with Gasteiger partial charge in [0.05, 0.1) is 18.4 Å². The molecule has 0 amide bonds. The van der Waals surface area contributed by atoms with Crippen molar-refractivity contribution in [2.24, 2.45) is 5.92 Å². The van der Waals surface area contributed by atoms with Gasteiger partial charge < -0.3 is 9.64 Å². The Kier molecular flexibility index (Phi) is 3.90. The molecule has 0 bridgehead atoms. The van der Waals surface area contributed by atoms with Crippen molar-refractivity contribution in [2.45, 2.75) is 26.7 Å². The maximum Gasteiger partial charge on any atom is 0.165 e. The second-order valence-corrected chi connectivity index (χ2v) is 4.92. The maximum atomic E-state index is 11.8. The summed E-state index contributed by atoms with van der Waals surface area (Å²) < 4.78 is 5.31. The molecule has 2 rings (SSSR count). The number of carbonyl (C=O) groups excluding carboxylic acids is 1. The molecule has 0 aliphatic carbocycles. The Hall–Kier alpha value is -1.51. The van der Waals surface area contributed by atoms with Crippen molar-refractivity contribution < 1.29 is 9.53 Å². The number of anilines is 1. The Bertz CT molecular complexity index is 442. The molecule has 0 aromatic heterocycles. The molecule has 1 aliphatic rings. The number of ketones is 1. The largest absolute Gasteiger partial charge is 0.496 e. The second-order valence-electron chi connectivity index (χ2n) is 4.92. The van der Waals surface area contributed by atoms with Crippen molar-refractivity contribution >= 4 is 11.5 Å². The Morgan fingerprint density at radius 2 is 2.28 bits per heavy atom. The lowest BCUT2D eigenvalue weighted by Gasteiger charge is -2.22. The van der Waals surface area contributed by atoms with Crippen LogP contribution in [0, 0.1) is 5.92 Å². The van der Waals surface area contributed by atoms with E-state index in [2.05, 4.69) is 11.8 Å². The number of rotatable bonds is 4. The fraction of sp³-hybridized carbons (Fsp3) is 0.533. The molecule has 3 heteroatoms. The van der Waals surface area contributed by atoms with Crippen LogP contribution >= 0.6 is 0 Å². The molecular formula is C15H21NO2. The molecule has 0 saturated carbocycles. The van der Waals surface area contributed by atoms with Gasteiger partial charge in [-0.15, -0.1) is 0 Å². The van der Waals surface area contributed by atoms with Crippen LogP contribution in [0.25, 0.3) is 0 Å². The van der Waals surface area contributed by atoms with Gasteiger partial charge in [0.15, 0.2) is 5.78 Å². The van der Waals surface area contributed by atoms with Crippen LogP contribution in [0.2, 0.25) is 0 Å². The highest BCUT2D eigenvalue weighted by atomic mass is 16.5. The number of carbonyl (C=O) groups is 1. The number of ether oxygens (including phenoxy) is 1. The summed E-state index contributed by atoms with van der Waals surface area (Å²) in [6.45, 7) is 5.91. The number of methoxy groups -OCH3 is 1. The third-order valence-corrected chi connectivity index (χ3v) is 3.78. The molecular weight excluding hydrogens is 226 g/mol. The molecule has 1 aromatic rings. The second kappa shape index (κ2) is 5.42. The van der Waals surface area contributed by atoms with E-state index < -0.39 is 0 Å². The van der Waals surface area contributed by atoms with E-state index in [1.807, 2.05) is 18.2 Å². The van der Waals surface area contributed by atoms with Crippen molar-refractivity contribution in [1.29, 1.82) is 0 Å². The van der Waals surface area contributed by atoms with Gasteiger partial charge in [0.2, 0.25) is 0 Å². The summed E-state index contributed by atoms with van der Waals surface area (Å²) in [5.41, 5.74) is 1.74. The van der Waals surface area contributed by atoms with Gasteiger partial charge in [0.25, 0.3) is 0 Å². The van der Waals surface area contributed by atoms with Crippen LogP contribution in [-0.2, 0) is 0 Å². The van der Waals surface area contributed by atoms with Crippen LogP contribution < -0.4 is 9.64 Å². The van der Waals surface area contributed by atoms with Gasteiger partial charge in [0.1, 0.15) is 5.75 Å². The number of nitrogens with zero attached hydrogens (tertiary/aromatic N) is 1. The summed E-state index contributed by atoms with van der Waals surface area (Å²) in [7, 11) is 1.62. The summed E-state index contributed by atoms with van der Waals surface area (Å²) in [6.07, 6.45) is 2.42. The van der Waals surface area contributed by atoms with Crippen molar-refractivity contribution in [2.75, 3.05) is 25.1 Å². The molecule has 0 spiro atoms. The quantitative estimate of drug-likeness (QED) is 0.766. The highest BCUT2D eigenvalue weighted by Crippen LogP contribution is 2.33. The minimum Gasteiger partial charge on any atom is -0.496 e. The van der Waals surface area contributed by atoms with Crippen molar-refractivity contribution in [3.8, 4) is 5.75 Å². The first-order valence-corrected chi connectivity index (χ1v) is 6.60. The fourth-order valence-corrected chi connectivity index (χ4v) is 2.69. The standard InChI is InChI=1S/C15H21NO2/c1-4-12-8-9-16(10-12)13-6-5-7-14(18-3)15(13)11(2)17/h5-7,12H,4,8-10H2,1-3H3. The predicted molar refractivity (Wildman–Crippen MR) is 73.6 cm³/mol. The van der Waals surface area contributed by atoms with E-state index in [4.69, 9.17) is 4.74 Å². The topological polar surface area (TPSA) is 29.5 Å². The van der Waals surface area contributed by atoms with Gasteiger partial charge in [-0.05, 0) is 31.4 Å². The van der Waals surface area contributed by atoms with Crippen LogP contribution in [0.15, 0.2) is 18.2 Å². The number of Topliss-reactive ketones (excluding diaryl/α,β-unsaturated/α-hetero) is 1. The van der Waals surface area contributed by atoms with Crippen LogP contribution in [-0.4, -0.2) is 26.0 Å². The molecule has 0 N–H and O–H groups in total. The third kappa shape index (κ3) is 2.35. The van der Waals surface area contributed by atoms with Gasteiger partial charge in [-0.3, -0.25) is 4.79 Å². The van der Waals surface area contributed by atoms with Gasteiger partial charge in [-0.2, -0.15) is 0 Å². The minimum absolute atomic E-state index is 0.0717. The normalized spacial score (nSPS) is 19.1.